The van der Waals surface area contributed by atoms with Crippen molar-refractivity contribution < 1.29 is 18.3 Å². The van der Waals surface area contributed by atoms with Crippen LogP contribution in [0.1, 0.15) is 44.3 Å². The molecule has 1 saturated carbocycles. The van der Waals surface area contributed by atoms with Crippen molar-refractivity contribution in [3.63, 3.8) is 0 Å². The highest BCUT2D eigenvalue weighted by Gasteiger charge is 2.30. The number of sulfone groups is 1. The summed E-state index contributed by atoms with van der Waals surface area (Å²) in [4.78, 5) is 0. The highest BCUT2D eigenvalue weighted by molar-refractivity contribution is 7.91. The molecule has 0 amide bonds. The van der Waals surface area contributed by atoms with Gasteiger partial charge in [-0.05, 0) is 32.3 Å². The maximum atomic E-state index is 11.7. The summed E-state index contributed by atoms with van der Waals surface area (Å²) in [5.41, 5.74) is 0.744. The molecule has 1 fully saturated rings. The number of rotatable bonds is 4. The van der Waals surface area contributed by atoms with Crippen molar-refractivity contribution >= 4 is 9.84 Å². The van der Waals surface area contributed by atoms with E-state index in [0.717, 1.165) is 24.8 Å². The van der Waals surface area contributed by atoms with Gasteiger partial charge < -0.3 is 9.84 Å². The van der Waals surface area contributed by atoms with Gasteiger partial charge in [-0.1, -0.05) is 18.2 Å². The molecule has 0 aliphatic heterocycles. The summed E-state index contributed by atoms with van der Waals surface area (Å²) in [7, 11) is -3.01. The normalized spacial score (nSPS) is 25.1. The van der Waals surface area contributed by atoms with Crippen LogP contribution in [0.4, 0.5) is 0 Å². The molecule has 20 heavy (non-hydrogen) atoms. The molecule has 3 atom stereocenters. The zero-order valence-corrected chi connectivity index (χ0v) is 12.8. The Balaban J connectivity index is 2.11. The first-order valence-corrected chi connectivity index (χ1v) is 8.96. The van der Waals surface area contributed by atoms with Crippen molar-refractivity contribution in [2.24, 2.45) is 0 Å². The Morgan fingerprint density at radius 1 is 1.30 bits per heavy atom. The minimum Gasteiger partial charge on any atom is -0.490 e. The minimum atomic E-state index is -3.01. The van der Waals surface area contributed by atoms with Crippen LogP contribution >= 0.6 is 0 Å². The second-order valence-electron chi connectivity index (χ2n) is 5.57. The number of hydrogen-bond acceptors (Lipinski definition) is 4. The van der Waals surface area contributed by atoms with Crippen molar-refractivity contribution in [2.75, 3.05) is 6.26 Å². The quantitative estimate of drug-likeness (QED) is 0.927. The fraction of sp³-hybridized carbons (Fsp3) is 0.600. The van der Waals surface area contributed by atoms with Crippen LogP contribution < -0.4 is 4.74 Å². The molecule has 112 valence electrons. The molecule has 2 rings (SSSR count). The Hall–Kier alpha value is -1.07. The van der Waals surface area contributed by atoms with Gasteiger partial charge in [-0.25, -0.2) is 8.42 Å². The summed E-state index contributed by atoms with van der Waals surface area (Å²) in [6.45, 7) is 1.70. The summed E-state index contributed by atoms with van der Waals surface area (Å²) in [5.74, 6) is 0.654. The van der Waals surface area contributed by atoms with Gasteiger partial charge in [0.05, 0.1) is 17.5 Å². The van der Waals surface area contributed by atoms with Crippen LogP contribution in [0.15, 0.2) is 24.3 Å². The van der Waals surface area contributed by atoms with Crippen molar-refractivity contribution in [2.45, 2.75) is 50.1 Å². The van der Waals surface area contributed by atoms with Gasteiger partial charge >= 0.3 is 0 Å². The lowest BCUT2D eigenvalue weighted by atomic mass is 9.97. The van der Waals surface area contributed by atoms with E-state index in [1.54, 1.807) is 6.92 Å². The van der Waals surface area contributed by atoms with Crippen molar-refractivity contribution in [3.8, 4) is 5.75 Å². The highest BCUT2D eigenvalue weighted by Crippen LogP contribution is 2.31. The van der Waals surface area contributed by atoms with Crippen molar-refractivity contribution in [1.29, 1.82) is 0 Å². The first-order valence-electron chi connectivity index (χ1n) is 7.00. The molecule has 5 heteroatoms. The van der Waals surface area contributed by atoms with Crippen LogP contribution in [0, 0.1) is 0 Å². The summed E-state index contributed by atoms with van der Waals surface area (Å²) in [6, 6.07) is 7.37. The molecule has 1 aromatic rings. The zero-order valence-electron chi connectivity index (χ0n) is 12.0. The Morgan fingerprint density at radius 2 is 2.00 bits per heavy atom. The van der Waals surface area contributed by atoms with Crippen LogP contribution in [0.2, 0.25) is 0 Å². The Labute approximate surface area is 120 Å². The fourth-order valence-corrected chi connectivity index (χ4v) is 3.87. The second-order valence-corrected chi connectivity index (χ2v) is 7.90. The van der Waals surface area contributed by atoms with Crippen molar-refractivity contribution in [3.05, 3.63) is 29.8 Å². The maximum Gasteiger partial charge on any atom is 0.150 e. The lowest BCUT2D eigenvalue weighted by Crippen LogP contribution is -2.33. The van der Waals surface area contributed by atoms with E-state index in [1.807, 2.05) is 24.3 Å². The number of ether oxygens (including phenoxy) is 1. The summed E-state index contributed by atoms with van der Waals surface area (Å²) >= 11 is 0. The van der Waals surface area contributed by atoms with E-state index in [1.165, 1.54) is 6.26 Å². The lowest BCUT2D eigenvalue weighted by molar-refractivity contribution is 0.143. The first kappa shape index (κ1) is 15.3. The third kappa shape index (κ3) is 3.73. The van der Waals surface area contributed by atoms with E-state index in [0.29, 0.717) is 12.2 Å². The molecule has 0 aromatic heterocycles. The van der Waals surface area contributed by atoms with Gasteiger partial charge in [0.2, 0.25) is 0 Å². The number of para-hydroxylation sites is 1. The average Bonchev–Trinajstić information content (AvgIpc) is 2.38. The smallest absolute Gasteiger partial charge is 0.150 e. The first-order chi connectivity index (χ1) is 9.38. The molecule has 0 heterocycles. The van der Waals surface area contributed by atoms with E-state index in [-0.39, 0.29) is 11.4 Å². The van der Waals surface area contributed by atoms with Gasteiger partial charge in [-0.3, -0.25) is 0 Å². The predicted octanol–water partition coefficient (Wildman–Crippen LogP) is 2.47. The Kier molecular flexibility index (Phi) is 4.70. The third-order valence-electron chi connectivity index (χ3n) is 3.85. The molecule has 1 aliphatic rings. The molecule has 2 unspecified atom stereocenters. The average molecular weight is 298 g/mol. The number of aliphatic hydroxyl groups excluding tert-OH is 1. The lowest BCUT2D eigenvalue weighted by Gasteiger charge is -2.29. The van der Waals surface area contributed by atoms with Crippen molar-refractivity contribution in [1.82, 2.24) is 0 Å². The summed E-state index contributed by atoms with van der Waals surface area (Å²) in [6.07, 6.45) is 3.58. The molecular formula is C15H22O4S. The SMILES string of the molecule is C[C@H](O)c1ccccc1OC1CCCC(S(C)(=O)=O)C1. The number of aliphatic hydroxyl groups is 1. The summed E-state index contributed by atoms with van der Waals surface area (Å²) in [5, 5.41) is 9.43. The van der Waals surface area contributed by atoms with Crippen LogP contribution in [-0.4, -0.2) is 31.1 Å². The zero-order chi connectivity index (χ0) is 14.8. The van der Waals surface area contributed by atoms with Crippen LogP contribution in [0.5, 0.6) is 5.75 Å². The highest BCUT2D eigenvalue weighted by atomic mass is 32.2. The molecule has 1 aromatic carbocycles. The van der Waals surface area contributed by atoms with E-state index in [9.17, 15) is 13.5 Å². The molecule has 4 nitrogen and oxygen atoms in total. The van der Waals surface area contributed by atoms with Gasteiger partial charge in [0.15, 0.2) is 0 Å². The summed E-state index contributed by atoms with van der Waals surface area (Å²) < 4.78 is 29.3. The molecule has 0 radical (unpaired) electrons. The van der Waals surface area contributed by atoms with Crippen LogP contribution in [-0.2, 0) is 9.84 Å². The fourth-order valence-electron chi connectivity index (χ4n) is 2.71. The molecule has 0 saturated heterocycles. The topological polar surface area (TPSA) is 63.6 Å². The largest absolute Gasteiger partial charge is 0.490 e. The minimum absolute atomic E-state index is 0.0941. The standard InChI is InChI=1S/C15H22O4S/c1-11(16)14-8-3-4-9-15(14)19-12-6-5-7-13(10-12)20(2,17)18/h3-4,8-9,11-13,16H,5-7,10H2,1-2H3/t11-,12?,13?/m0/s1. The van der Waals surface area contributed by atoms with Crippen LogP contribution in [0.3, 0.4) is 0 Å². The number of hydrogen-bond donors (Lipinski definition) is 1. The van der Waals surface area contributed by atoms with E-state index in [2.05, 4.69) is 0 Å². The number of benzene rings is 1. The third-order valence-corrected chi connectivity index (χ3v) is 5.49. The molecule has 0 bridgehead atoms. The molecule has 0 spiro atoms. The molecular weight excluding hydrogens is 276 g/mol. The van der Waals surface area contributed by atoms with Crippen LogP contribution in [0.25, 0.3) is 0 Å². The Bertz CT molecular complexity index is 551. The second kappa shape index (κ2) is 6.14. The molecule has 1 aliphatic carbocycles. The maximum absolute atomic E-state index is 11.7. The van der Waals surface area contributed by atoms with Gasteiger partial charge in [-0.15, -0.1) is 0 Å². The van der Waals surface area contributed by atoms with E-state index < -0.39 is 15.9 Å². The predicted molar refractivity (Wildman–Crippen MR) is 78.6 cm³/mol. The van der Waals surface area contributed by atoms with Gasteiger partial charge in [-0.2, -0.15) is 0 Å². The van der Waals surface area contributed by atoms with Gasteiger partial charge in [0, 0.05) is 18.2 Å². The van der Waals surface area contributed by atoms with Gasteiger partial charge in [0.25, 0.3) is 0 Å². The van der Waals surface area contributed by atoms with E-state index in [4.69, 9.17) is 4.74 Å². The Morgan fingerprint density at radius 3 is 2.65 bits per heavy atom. The van der Waals surface area contributed by atoms with E-state index >= 15 is 0 Å². The monoisotopic (exact) mass is 298 g/mol. The molecule has 1 N–H and O–H groups in total. The van der Waals surface area contributed by atoms with Gasteiger partial charge in [0.1, 0.15) is 15.6 Å².